The van der Waals surface area contributed by atoms with Crippen molar-refractivity contribution >= 4 is 47.9 Å². The maximum atomic E-state index is 5.77. The molecule has 0 bridgehead atoms. The van der Waals surface area contributed by atoms with Crippen LogP contribution in [0, 0.1) is 6.92 Å². The maximum Gasteiger partial charge on any atom is 0.368 e. The van der Waals surface area contributed by atoms with Crippen LogP contribution in [0.25, 0.3) is 11.1 Å². The molecule has 0 aliphatic heterocycles. The van der Waals surface area contributed by atoms with Crippen LogP contribution in [0.5, 0.6) is 0 Å². The third-order valence-electron chi connectivity index (χ3n) is 8.33. The van der Waals surface area contributed by atoms with Crippen molar-refractivity contribution in [3.8, 4) is 11.1 Å². The van der Waals surface area contributed by atoms with Crippen LogP contribution in [0.2, 0.25) is 6.55 Å². The van der Waals surface area contributed by atoms with Gasteiger partial charge in [-0.15, -0.1) is 0 Å². The van der Waals surface area contributed by atoms with Crippen LogP contribution in [0.15, 0.2) is 158 Å². The Morgan fingerprint density at radius 3 is 1.07 bits per heavy atom. The zero-order valence-electron chi connectivity index (χ0n) is 26.2. The summed E-state index contributed by atoms with van der Waals surface area (Å²) < 4.78 is 11.5. The number of aryl methyl sites for hydroxylation is 1. The summed E-state index contributed by atoms with van der Waals surface area (Å²) in [6.45, 7) is 4.18. The average molecular weight is 607 g/mol. The predicted molar refractivity (Wildman–Crippen MR) is 191 cm³/mol. The van der Waals surface area contributed by atoms with Crippen LogP contribution in [0.4, 0.5) is 34.1 Å². The molecular formula is C40H38N2O2Si. The lowest BCUT2D eigenvalue weighted by Gasteiger charge is -2.27. The van der Waals surface area contributed by atoms with Crippen molar-refractivity contribution in [3.05, 3.63) is 163 Å². The topological polar surface area (TPSA) is 24.9 Å². The van der Waals surface area contributed by atoms with Crippen LogP contribution in [-0.4, -0.2) is 22.8 Å². The molecule has 0 N–H and O–H groups in total. The first-order chi connectivity index (χ1) is 22.0. The molecule has 0 saturated heterocycles. The highest BCUT2D eigenvalue weighted by Crippen LogP contribution is 2.37. The van der Waals surface area contributed by atoms with Crippen LogP contribution < -0.4 is 15.0 Å². The molecule has 0 radical (unpaired) electrons. The van der Waals surface area contributed by atoms with Gasteiger partial charge in [0, 0.05) is 48.3 Å². The molecule has 0 atom stereocenters. The third kappa shape index (κ3) is 6.47. The molecule has 0 amide bonds. The minimum Gasteiger partial charge on any atom is -0.394 e. The number of hydrogen-bond acceptors (Lipinski definition) is 4. The van der Waals surface area contributed by atoms with Crippen LogP contribution in [-0.2, 0) is 8.85 Å². The van der Waals surface area contributed by atoms with Gasteiger partial charge in [-0.1, -0.05) is 90.5 Å². The molecule has 224 valence electrons. The lowest BCUT2D eigenvalue weighted by Crippen LogP contribution is -2.49. The zero-order valence-corrected chi connectivity index (χ0v) is 27.2. The van der Waals surface area contributed by atoms with Crippen molar-refractivity contribution in [2.45, 2.75) is 13.5 Å². The molecular weight excluding hydrogens is 569 g/mol. The number of para-hydroxylation sites is 2. The maximum absolute atomic E-state index is 5.77. The Morgan fingerprint density at radius 1 is 0.400 bits per heavy atom. The predicted octanol–water partition coefficient (Wildman–Crippen LogP) is 10.2. The van der Waals surface area contributed by atoms with Gasteiger partial charge in [-0.2, -0.15) is 0 Å². The number of rotatable bonds is 10. The molecule has 0 heterocycles. The van der Waals surface area contributed by atoms with Crippen molar-refractivity contribution in [2.75, 3.05) is 24.0 Å². The third-order valence-corrected chi connectivity index (χ3v) is 11.3. The van der Waals surface area contributed by atoms with Gasteiger partial charge < -0.3 is 18.7 Å². The molecule has 0 saturated carbocycles. The highest BCUT2D eigenvalue weighted by atomic mass is 28.4. The summed E-state index contributed by atoms with van der Waals surface area (Å²) >= 11 is 0. The minimum atomic E-state index is -2.41. The van der Waals surface area contributed by atoms with Gasteiger partial charge in [0.25, 0.3) is 0 Å². The molecule has 0 aliphatic rings. The molecule has 0 aliphatic carbocycles. The largest absolute Gasteiger partial charge is 0.394 e. The van der Waals surface area contributed by atoms with Crippen LogP contribution in [0.3, 0.4) is 0 Å². The fourth-order valence-electron chi connectivity index (χ4n) is 5.58. The number of nitrogens with zero attached hydrogens (tertiary/aromatic N) is 2. The normalized spacial score (nSPS) is 11.3. The van der Waals surface area contributed by atoms with E-state index < -0.39 is 8.56 Å². The molecule has 5 heteroatoms. The molecule has 6 aromatic carbocycles. The summed E-state index contributed by atoms with van der Waals surface area (Å²) in [5.74, 6) is 0. The first-order valence-electron chi connectivity index (χ1n) is 15.2. The van der Waals surface area contributed by atoms with Gasteiger partial charge >= 0.3 is 8.56 Å². The Kier molecular flexibility index (Phi) is 8.94. The van der Waals surface area contributed by atoms with Gasteiger partial charge in [0.15, 0.2) is 0 Å². The molecule has 6 aromatic rings. The van der Waals surface area contributed by atoms with E-state index in [1.165, 1.54) is 11.1 Å². The van der Waals surface area contributed by atoms with Crippen LogP contribution >= 0.6 is 0 Å². The highest BCUT2D eigenvalue weighted by molar-refractivity contribution is 6.79. The van der Waals surface area contributed by atoms with E-state index >= 15 is 0 Å². The lowest BCUT2D eigenvalue weighted by atomic mass is 10.0. The van der Waals surface area contributed by atoms with E-state index in [0.29, 0.717) is 0 Å². The Hall–Kier alpha value is -4.94. The van der Waals surface area contributed by atoms with Crippen molar-refractivity contribution in [1.82, 2.24) is 0 Å². The fourth-order valence-corrected chi connectivity index (χ4v) is 6.99. The zero-order chi connectivity index (χ0) is 31.2. The molecule has 0 unspecified atom stereocenters. The standard InChI is InChI=1S/C40H38N2O2Si/c1-31-15-21-36(22-16-31)41(34-11-7-5-8-12-34)37-23-17-32(18-24-37)33-19-25-38(26-20-33)42(35-13-9-6-10-14-35)39-27-29-40(30-28-39)45(4,43-2)44-3/h5-30H,1-4H3. The van der Waals surface area contributed by atoms with Crippen molar-refractivity contribution in [3.63, 3.8) is 0 Å². The van der Waals surface area contributed by atoms with Gasteiger partial charge in [-0.3, -0.25) is 0 Å². The van der Waals surface area contributed by atoms with E-state index in [2.05, 4.69) is 175 Å². The first-order valence-corrected chi connectivity index (χ1v) is 17.5. The minimum absolute atomic E-state index is 1.07. The second-order valence-electron chi connectivity index (χ2n) is 11.2. The highest BCUT2D eigenvalue weighted by Gasteiger charge is 2.31. The van der Waals surface area contributed by atoms with Gasteiger partial charge in [0.05, 0.1) is 0 Å². The Morgan fingerprint density at radius 2 is 0.711 bits per heavy atom. The summed E-state index contributed by atoms with van der Waals surface area (Å²) in [6.07, 6.45) is 0. The number of benzene rings is 6. The van der Waals surface area contributed by atoms with Crippen molar-refractivity contribution in [2.24, 2.45) is 0 Å². The Bertz CT molecular complexity index is 1800. The number of anilines is 6. The van der Waals surface area contributed by atoms with Gasteiger partial charge in [-0.25, -0.2) is 0 Å². The van der Waals surface area contributed by atoms with E-state index in [9.17, 15) is 0 Å². The second kappa shape index (κ2) is 13.4. The molecule has 4 nitrogen and oxygen atoms in total. The van der Waals surface area contributed by atoms with E-state index in [0.717, 1.165) is 44.9 Å². The molecule has 0 aromatic heterocycles. The molecule has 6 rings (SSSR count). The van der Waals surface area contributed by atoms with Gasteiger partial charge in [0.2, 0.25) is 0 Å². The lowest BCUT2D eigenvalue weighted by molar-refractivity contribution is 0.265. The summed E-state index contributed by atoms with van der Waals surface area (Å²) in [7, 11) is 1.03. The van der Waals surface area contributed by atoms with E-state index in [1.807, 2.05) is 6.07 Å². The molecule has 0 fully saturated rings. The first kappa shape index (κ1) is 30.1. The monoisotopic (exact) mass is 606 g/mol. The summed E-state index contributed by atoms with van der Waals surface area (Å²) in [5.41, 5.74) is 10.2. The van der Waals surface area contributed by atoms with E-state index in [4.69, 9.17) is 8.85 Å². The smallest absolute Gasteiger partial charge is 0.368 e. The van der Waals surface area contributed by atoms with Gasteiger partial charge in [0.1, 0.15) is 0 Å². The van der Waals surface area contributed by atoms with Gasteiger partial charge in [-0.05, 0) is 103 Å². The second-order valence-corrected chi connectivity index (χ2v) is 14.5. The van der Waals surface area contributed by atoms with Crippen LogP contribution in [0.1, 0.15) is 5.56 Å². The number of hydrogen-bond donors (Lipinski definition) is 0. The molecule has 0 spiro atoms. The Labute approximate surface area is 268 Å². The summed E-state index contributed by atoms with van der Waals surface area (Å²) in [4.78, 5) is 4.56. The van der Waals surface area contributed by atoms with E-state index in [-0.39, 0.29) is 0 Å². The average Bonchev–Trinajstić information content (AvgIpc) is 3.11. The fraction of sp³-hybridized carbons (Fsp3) is 0.100. The summed E-state index contributed by atoms with van der Waals surface area (Å²) in [6, 6.07) is 55.7. The van der Waals surface area contributed by atoms with Crippen molar-refractivity contribution < 1.29 is 8.85 Å². The molecule has 45 heavy (non-hydrogen) atoms. The quantitative estimate of drug-likeness (QED) is 0.145. The van der Waals surface area contributed by atoms with E-state index in [1.54, 1.807) is 14.2 Å². The summed E-state index contributed by atoms with van der Waals surface area (Å²) in [5, 5.41) is 1.09. The SMILES string of the molecule is CO[Si](C)(OC)c1ccc(N(c2ccccc2)c2ccc(-c3ccc(N(c4ccccc4)c4ccc(C)cc4)cc3)cc2)cc1. The van der Waals surface area contributed by atoms with Crippen molar-refractivity contribution in [1.29, 1.82) is 0 Å². The Balaban J connectivity index is 1.30.